The summed E-state index contributed by atoms with van der Waals surface area (Å²) in [5.41, 5.74) is 1.65. The van der Waals surface area contributed by atoms with Gasteiger partial charge < -0.3 is 4.79 Å². The highest BCUT2D eigenvalue weighted by Crippen LogP contribution is 2.23. The topological polar surface area (TPSA) is 32.7 Å². The number of nitrogens with zero attached hydrogens (tertiary/aromatic N) is 2. The quantitative estimate of drug-likeness (QED) is 0.693. The smallest absolute Gasteiger partial charge is 0.144 e. The van der Waals surface area contributed by atoms with Crippen molar-refractivity contribution in [2.75, 3.05) is 5.01 Å². The molecule has 1 aromatic carbocycles. The highest BCUT2D eigenvalue weighted by Gasteiger charge is 2.24. The Morgan fingerprint density at radius 2 is 2.13 bits per heavy atom. The molecular weight excluding hydrogens is 195 g/mol. The minimum absolute atomic E-state index is 0.254. The first-order valence-corrected chi connectivity index (χ1v) is 4.75. The first-order valence-electron chi connectivity index (χ1n) is 4.75. The molecule has 1 heterocycles. The van der Waals surface area contributed by atoms with E-state index in [4.69, 9.17) is 0 Å². The molecule has 0 amide bonds. The molecule has 3 nitrogen and oxygen atoms in total. The van der Waals surface area contributed by atoms with Crippen molar-refractivity contribution < 1.29 is 9.18 Å². The lowest BCUT2D eigenvalue weighted by Crippen LogP contribution is -2.27. The molecular formula is C11H11FN2O. The molecule has 2 rings (SSSR count). The van der Waals surface area contributed by atoms with E-state index in [9.17, 15) is 9.18 Å². The van der Waals surface area contributed by atoms with Gasteiger partial charge in [0.2, 0.25) is 0 Å². The predicted molar refractivity (Wildman–Crippen MR) is 56.5 cm³/mol. The number of hydrogen-bond acceptors (Lipinski definition) is 3. The molecule has 1 aliphatic heterocycles. The van der Waals surface area contributed by atoms with Gasteiger partial charge in [0.05, 0.1) is 5.69 Å². The summed E-state index contributed by atoms with van der Waals surface area (Å²) in [5, 5.41) is 5.86. The molecule has 1 unspecified atom stereocenters. The molecule has 1 aliphatic rings. The molecule has 0 aliphatic carbocycles. The van der Waals surface area contributed by atoms with E-state index >= 15 is 0 Å². The number of benzene rings is 1. The van der Waals surface area contributed by atoms with Gasteiger partial charge in [-0.2, -0.15) is 5.10 Å². The van der Waals surface area contributed by atoms with Gasteiger partial charge in [-0.15, -0.1) is 0 Å². The van der Waals surface area contributed by atoms with Crippen molar-refractivity contribution in [1.29, 1.82) is 0 Å². The van der Waals surface area contributed by atoms with E-state index in [1.165, 1.54) is 12.1 Å². The Kier molecular flexibility index (Phi) is 2.49. The second-order valence-corrected chi connectivity index (χ2v) is 3.56. The summed E-state index contributed by atoms with van der Waals surface area (Å²) < 4.78 is 12.7. The van der Waals surface area contributed by atoms with Gasteiger partial charge in [-0.05, 0) is 31.2 Å². The number of carbonyl (C=O) groups excluding carboxylic acids is 1. The fourth-order valence-corrected chi connectivity index (χ4v) is 1.64. The third kappa shape index (κ3) is 1.88. The van der Waals surface area contributed by atoms with Crippen LogP contribution in [-0.4, -0.2) is 18.0 Å². The summed E-state index contributed by atoms with van der Waals surface area (Å²) in [7, 11) is 0. The minimum atomic E-state index is -0.290. The predicted octanol–water partition coefficient (Wildman–Crippen LogP) is 1.98. The van der Waals surface area contributed by atoms with Crippen molar-refractivity contribution in [3.05, 3.63) is 30.1 Å². The van der Waals surface area contributed by atoms with Crippen molar-refractivity contribution in [1.82, 2.24) is 0 Å². The average Bonchev–Trinajstić information content (AvgIpc) is 2.61. The summed E-state index contributed by atoms with van der Waals surface area (Å²) in [4.78, 5) is 10.8. The molecule has 0 N–H and O–H groups in total. The molecule has 0 aromatic heterocycles. The van der Waals surface area contributed by atoms with E-state index in [2.05, 4.69) is 5.10 Å². The van der Waals surface area contributed by atoms with E-state index in [1.54, 1.807) is 17.1 Å². The summed E-state index contributed by atoms with van der Waals surface area (Å²) in [6.07, 6.45) is 1.50. The highest BCUT2D eigenvalue weighted by molar-refractivity contribution is 5.90. The Hall–Kier alpha value is -1.71. The molecule has 0 bridgehead atoms. The maximum atomic E-state index is 12.7. The Balaban J connectivity index is 2.29. The maximum absolute atomic E-state index is 12.7. The molecule has 0 spiro atoms. The van der Waals surface area contributed by atoms with Gasteiger partial charge in [-0.25, -0.2) is 4.39 Å². The first kappa shape index (κ1) is 9.83. The highest BCUT2D eigenvalue weighted by atomic mass is 19.1. The van der Waals surface area contributed by atoms with E-state index in [1.807, 2.05) is 6.92 Å². The SMILES string of the molecule is CC1=NN(c2ccc(F)cc2)C(C=O)C1. The summed E-state index contributed by atoms with van der Waals surface area (Å²) in [6.45, 7) is 1.88. The molecule has 78 valence electrons. The standard InChI is InChI=1S/C11H11FN2O/c1-8-6-11(7-15)14(13-8)10-4-2-9(12)3-5-10/h2-5,7,11H,6H2,1H3. The zero-order valence-corrected chi connectivity index (χ0v) is 8.35. The molecule has 1 atom stereocenters. The van der Waals surface area contributed by atoms with Crippen LogP contribution < -0.4 is 5.01 Å². The van der Waals surface area contributed by atoms with Crippen molar-refractivity contribution in [3.8, 4) is 0 Å². The van der Waals surface area contributed by atoms with Crippen LogP contribution in [0.1, 0.15) is 13.3 Å². The molecule has 4 heteroatoms. The molecule has 15 heavy (non-hydrogen) atoms. The lowest BCUT2D eigenvalue weighted by Gasteiger charge is -2.18. The number of carbonyl (C=O) groups is 1. The van der Waals surface area contributed by atoms with Gasteiger partial charge in [0.15, 0.2) is 0 Å². The molecule has 0 saturated heterocycles. The number of hydrazone groups is 1. The summed E-state index contributed by atoms with van der Waals surface area (Å²) >= 11 is 0. The van der Waals surface area contributed by atoms with Crippen LogP contribution in [0.4, 0.5) is 10.1 Å². The molecule has 0 radical (unpaired) electrons. The molecule has 0 saturated carbocycles. The fraction of sp³-hybridized carbons (Fsp3) is 0.273. The van der Waals surface area contributed by atoms with Gasteiger partial charge in [-0.1, -0.05) is 0 Å². The van der Waals surface area contributed by atoms with Crippen molar-refractivity contribution in [2.24, 2.45) is 5.10 Å². The largest absolute Gasteiger partial charge is 0.301 e. The van der Waals surface area contributed by atoms with Gasteiger partial charge in [0, 0.05) is 12.1 Å². The lowest BCUT2D eigenvalue weighted by molar-refractivity contribution is -0.108. The van der Waals surface area contributed by atoms with Crippen LogP contribution in [0.3, 0.4) is 0 Å². The van der Waals surface area contributed by atoms with Crippen molar-refractivity contribution in [2.45, 2.75) is 19.4 Å². The lowest BCUT2D eigenvalue weighted by atomic mass is 10.2. The van der Waals surface area contributed by atoms with E-state index in [-0.39, 0.29) is 11.9 Å². The normalized spacial score (nSPS) is 20.3. The third-order valence-corrected chi connectivity index (χ3v) is 2.35. The fourth-order valence-electron chi connectivity index (χ4n) is 1.64. The van der Waals surface area contributed by atoms with E-state index in [0.717, 1.165) is 17.7 Å². The average molecular weight is 206 g/mol. The van der Waals surface area contributed by atoms with Crippen LogP contribution in [0.5, 0.6) is 0 Å². The number of rotatable bonds is 2. The number of aldehydes is 1. The zero-order chi connectivity index (χ0) is 10.8. The van der Waals surface area contributed by atoms with Crippen molar-refractivity contribution >= 4 is 17.7 Å². The van der Waals surface area contributed by atoms with Gasteiger partial charge in [-0.3, -0.25) is 5.01 Å². The second kappa shape index (κ2) is 3.81. The maximum Gasteiger partial charge on any atom is 0.144 e. The molecule has 0 fully saturated rings. The summed E-state index contributed by atoms with van der Waals surface area (Å²) in [5.74, 6) is -0.290. The second-order valence-electron chi connectivity index (χ2n) is 3.56. The van der Waals surface area contributed by atoms with Gasteiger partial charge in [0.25, 0.3) is 0 Å². The Bertz CT molecular complexity index is 400. The number of hydrogen-bond donors (Lipinski definition) is 0. The zero-order valence-electron chi connectivity index (χ0n) is 8.35. The number of halogens is 1. The first-order chi connectivity index (χ1) is 7.20. The van der Waals surface area contributed by atoms with Crippen LogP contribution in [0.25, 0.3) is 0 Å². The van der Waals surface area contributed by atoms with Gasteiger partial charge >= 0.3 is 0 Å². The Morgan fingerprint density at radius 3 is 2.73 bits per heavy atom. The van der Waals surface area contributed by atoms with Crippen LogP contribution in [0.15, 0.2) is 29.4 Å². The Morgan fingerprint density at radius 1 is 1.47 bits per heavy atom. The van der Waals surface area contributed by atoms with Crippen LogP contribution in [0, 0.1) is 5.82 Å². The van der Waals surface area contributed by atoms with E-state index in [0.29, 0.717) is 6.42 Å². The number of anilines is 1. The Labute approximate surface area is 87.2 Å². The van der Waals surface area contributed by atoms with E-state index < -0.39 is 0 Å². The summed E-state index contributed by atoms with van der Waals surface area (Å²) in [6, 6.07) is 5.71. The van der Waals surface area contributed by atoms with Crippen LogP contribution in [-0.2, 0) is 4.79 Å². The van der Waals surface area contributed by atoms with Crippen LogP contribution >= 0.6 is 0 Å². The van der Waals surface area contributed by atoms with Crippen LogP contribution in [0.2, 0.25) is 0 Å². The molecule has 1 aromatic rings. The minimum Gasteiger partial charge on any atom is -0.301 e. The van der Waals surface area contributed by atoms with Crippen molar-refractivity contribution in [3.63, 3.8) is 0 Å². The third-order valence-electron chi connectivity index (χ3n) is 2.35. The monoisotopic (exact) mass is 206 g/mol. The van der Waals surface area contributed by atoms with Gasteiger partial charge in [0.1, 0.15) is 18.1 Å².